The lowest BCUT2D eigenvalue weighted by Crippen LogP contribution is -2.24. The summed E-state index contributed by atoms with van der Waals surface area (Å²) in [6, 6.07) is 11.9. The third-order valence-electron chi connectivity index (χ3n) is 4.51. The van der Waals surface area contributed by atoms with Crippen LogP contribution in [0.4, 0.5) is 5.69 Å². The van der Waals surface area contributed by atoms with Crippen LogP contribution in [-0.4, -0.2) is 25.7 Å². The Hall–Kier alpha value is -2.69. The highest BCUT2D eigenvalue weighted by Crippen LogP contribution is 2.44. The molecule has 0 bridgehead atoms. The van der Waals surface area contributed by atoms with Gasteiger partial charge in [0, 0.05) is 24.1 Å². The molecule has 1 N–H and O–H groups in total. The molecule has 0 spiro atoms. The van der Waals surface area contributed by atoms with E-state index in [1.54, 1.807) is 0 Å². The van der Waals surface area contributed by atoms with E-state index >= 15 is 0 Å². The van der Waals surface area contributed by atoms with Crippen LogP contribution in [0.1, 0.15) is 36.8 Å². The molecule has 0 saturated carbocycles. The fraction of sp³-hybridized carbons (Fsp3) is 0.350. The number of nitrogens with one attached hydrogen (secondary N) is 1. The van der Waals surface area contributed by atoms with E-state index in [1.165, 1.54) is 0 Å². The molecule has 5 heteroatoms. The average Bonchev–Trinajstić information content (AvgIpc) is 2.64. The summed E-state index contributed by atoms with van der Waals surface area (Å²) in [5.41, 5.74) is 2.96. The number of hydrogen-bond donors (Lipinski definition) is 1. The molecule has 2 aliphatic heterocycles. The van der Waals surface area contributed by atoms with Gasteiger partial charge in [-0.1, -0.05) is 19.1 Å². The quantitative estimate of drug-likeness (QED) is 0.922. The standard InChI is InChI=1S/C20H21NO4/c1-2-7-23-14-5-3-13(4-6-14)15-11-20(22)21-17-12-19-18(10-16(15)17)24-8-9-25-19/h3-6,10,12,15H,2,7-9,11H2,1H3,(H,21,22)/t15-/m1/s1. The number of anilines is 1. The maximum atomic E-state index is 12.2. The number of ether oxygens (including phenoxy) is 3. The van der Waals surface area contributed by atoms with Crippen molar-refractivity contribution in [3.8, 4) is 17.2 Å². The molecule has 4 rings (SSSR count). The Kier molecular flexibility index (Phi) is 4.22. The minimum atomic E-state index is -0.000184. The van der Waals surface area contributed by atoms with Crippen LogP contribution in [0.25, 0.3) is 0 Å². The first-order chi connectivity index (χ1) is 12.2. The highest BCUT2D eigenvalue weighted by Gasteiger charge is 2.29. The molecule has 2 aromatic rings. The SMILES string of the molecule is CCCOc1ccc([C@H]2CC(=O)Nc3cc4c(cc32)OCCO4)cc1. The highest BCUT2D eigenvalue weighted by atomic mass is 16.6. The first kappa shape index (κ1) is 15.8. The fourth-order valence-electron chi connectivity index (χ4n) is 3.31. The van der Waals surface area contributed by atoms with Gasteiger partial charge in [-0.3, -0.25) is 4.79 Å². The number of hydrogen-bond acceptors (Lipinski definition) is 4. The Bertz CT molecular complexity index is 785. The maximum absolute atomic E-state index is 12.2. The third kappa shape index (κ3) is 3.14. The summed E-state index contributed by atoms with van der Waals surface area (Å²) in [4.78, 5) is 12.2. The van der Waals surface area contributed by atoms with Crippen LogP contribution in [0.5, 0.6) is 17.2 Å². The topological polar surface area (TPSA) is 56.8 Å². The van der Waals surface area contributed by atoms with E-state index in [-0.39, 0.29) is 11.8 Å². The van der Waals surface area contributed by atoms with Gasteiger partial charge >= 0.3 is 0 Å². The van der Waals surface area contributed by atoms with E-state index in [9.17, 15) is 4.79 Å². The van der Waals surface area contributed by atoms with Gasteiger partial charge in [0.05, 0.1) is 6.61 Å². The number of carbonyl (C=O) groups excluding carboxylic acids is 1. The molecule has 0 aliphatic carbocycles. The van der Waals surface area contributed by atoms with Crippen LogP contribution < -0.4 is 19.5 Å². The Balaban J connectivity index is 1.68. The van der Waals surface area contributed by atoms with Gasteiger partial charge in [-0.15, -0.1) is 0 Å². The second kappa shape index (κ2) is 6.67. The van der Waals surface area contributed by atoms with Crippen LogP contribution in [0, 0.1) is 0 Å². The molecule has 0 unspecified atom stereocenters. The molecule has 1 amide bonds. The monoisotopic (exact) mass is 339 g/mol. The zero-order valence-electron chi connectivity index (χ0n) is 14.2. The molecule has 25 heavy (non-hydrogen) atoms. The number of rotatable bonds is 4. The average molecular weight is 339 g/mol. The first-order valence-corrected chi connectivity index (χ1v) is 8.70. The van der Waals surface area contributed by atoms with Gasteiger partial charge < -0.3 is 19.5 Å². The van der Waals surface area contributed by atoms with Crippen molar-refractivity contribution < 1.29 is 19.0 Å². The second-order valence-corrected chi connectivity index (χ2v) is 6.31. The molecule has 2 heterocycles. The lowest BCUT2D eigenvalue weighted by molar-refractivity contribution is -0.116. The summed E-state index contributed by atoms with van der Waals surface area (Å²) in [6.45, 7) is 3.87. The van der Waals surface area contributed by atoms with Gasteiger partial charge in [-0.25, -0.2) is 0 Å². The van der Waals surface area contributed by atoms with Gasteiger partial charge in [-0.2, -0.15) is 0 Å². The second-order valence-electron chi connectivity index (χ2n) is 6.31. The largest absolute Gasteiger partial charge is 0.494 e. The van der Waals surface area contributed by atoms with Gasteiger partial charge in [0.25, 0.3) is 0 Å². The summed E-state index contributed by atoms with van der Waals surface area (Å²) in [5, 5.41) is 2.95. The molecule has 0 fully saturated rings. The van der Waals surface area contributed by atoms with Crippen molar-refractivity contribution in [3.63, 3.8) is 0 Å². The molecule has 0 radical (unpaired) electrons. The van der Waals surface area contributed by atoms with Crippen molar-refractivity contribution in [1.82, 2.24) is 0 Å². The molecule has 130 valence electrons. The zero-order valence-corrected chi connectivity index (χ0v) is 14.2. The maximum Gasteiger partial charge on any atom is 0.225 e. The van der Waals surface area contributed by atoms with Crippen molar-refractivity contribution in [2.45, 2.75) is 25.7 Å². The molecular weight excluding hydrogens is 318 g/mol. The van der Waals surface area contributed by atoms with E-state index in [0.717, 1.165) is 34.7 Å². The van der Waals surface area contributed by atoms with E-state index in [0.29, 0.717) is 32.0 Å². The third-order valence-corrected chi connectivity index (χ3v) is 4.51. The Morgan fingerprint density at radius 1 is 1.12 bits per heavy atom. The number of amides is 1. The predicted molar refractivity (Wildman–Crippen MR) is 94.7 cm³/mol. The Labute approximate surface area is 146 Å². The fourth-order valence-corrected chi connectivity index (χ4v) is 3.31. The van der Waals surface area contributed by atoms with E-state index < -0.39 is 0 Å². The molecular formula is C20H21NO4. The first-order valence-electron chi connectivity index (χ1n) is 8.70. The van der Waals surface area contributed by atoms with Crippen LogP contribution in [0.3, 0.4) is 0 Å². The summed E-state index contributed by atoms with van der Waals surface area (Å²) < 4.78 is 17.0. The van der Waals surface area contributed by atoms with Gasteiger partial charge in [-0.05, 0) is 35.7 Å². The van der Waals surface area contributed by atoms with Crippen molar-refractivity contribution in [1.29, 1.82) is 0 Å². The molecule has 0 aromatic heterocycles. The zero-order chi connectivity index (χ0) is 17.2. The van der Waals surface area contributed by atoms with E-state index in [2.05, 4.69) is 12.2 Å². The molecule has 1 atom stereocenters. The van der Waals surface area contributed by atoms with Gasteiger partial charge in [0.15, 0.2) is 11.5 Å². The molecule has 5 nitrogen and oxygen atoms in total. The van der Waals surface area contributed by atoms with Crippen molar-refractivity contribution in [2.24, 2.45) is 0 Å². The smallest absolute Gasteiger partial charge is 0.225 e. The van der Waals surface area contributed by atoms with Crippen LogP contribution >= 0.6 is 0 Å². The molecule has 0 saturated heterocycles. The Morgan fingerprint density at radius 3 is 2.56 bits per heavy atom. The van der Waals surface area contributed by atoms with E-state index in [4.69, 9.17) is 14.2 Å². The number of benzene rings is 2. The summed E-state index contributed by atoms with van der Waals surface area (Å²) >= 11 is 0. The minimum Gasteiger partial charge on any atom is -0.494 e. The Morgan fingerprint density at radius 2 is 1.84 bits per heavy atom. The van der Waals surface area contributed by atoms with Crippen LogP contribution in [0.15, 0.2) is 36.4 Å². The van der Waals surface area contributed by atoms with Crippen LogP contribution in [-0.2, 0) is 4.79 Å². The summed E-state index contributed by atoms with van der Waals surface area (Å²) in [5.74, 6) is 2.30. The summed E-state index contributed by atoms with van der Waals surface area (Å²) in [7, 11) is 0. The number of carbonyl (C=O) groups is 1. The van der Waals surface area contributed by atoms with E-state index in [1.807, 2.05) is 36.4 Å². The molecule has 2 aliphatic rings. The van der Waals surface area contributed by atoms with Crippen molar-refractivity contribution in [2.75, 3.05) is 25.1 Å². The van der Waals surface area contributed by atoms with Crippen molar-refractivity contribution in [3.05, 3.63) is 47.5 Å². The summed E-state index contributed by atoms with van der Waals surface area (Å²) in [6.07, 6.45) is 1.40. The van der Waals surface area contributed by atoms with Crippen molar-refractivity contribution >= 4 is 11.6 Å². The van der Waals surface area contributed by atoms with Crippen LogP contribution in [0.2, 0.25) is 0 Å². The normalized spacial score (nSPS) is 18.3. The molecule has 2 aromatic carbocycles. The highest BCUT2D eigenvalue weighted by molar-refractivity contribution is 5.96. The lowest BCUT2D eigenvalue weighted by Gasteiger charge is -2.29. The predicted octanol–water partition coefficient (Wildman–Crippen LogP) is 3.72. The number of fused-ring (bicyclic) bond motifs is 2. The lowest BCUT2D eigenvalue weighted by atomic mass is 9.84. The van der Waals surface area contributed by atoms with Gasteiger partial charge in [0.1, 0.15) is 19.0 Å². The minimum absolute atomic E-state index is 0.000184. The van der Waals surface area contributed by atoms with Gasteiger partial charge in [0.2, 0.25) is 5.91 Å².